The van der Waals surface area contributed by atoms with Crippen LogP contribution in [-0.4, -0.2) is 59.2 Å². The first-order valence-electron chi connectivity index (χ1n) is 10.5. The average Bonchev–Trinajstić information content (AvgIpc) is 2.79. The molecule has 7 nitrogen and oxygen atoms in total. The van der Waals surface area contributed by atoms with Gasteiger partial charge < -0.3 is 14.4 Å². The Morgan fingerprint density at radius 2 is 1.74 bits per heavy atom. The highest BCUT2D eigenvalue weighted by Crippen LogP contribution is 2.22. The highest BCUT2D eigenvalue weighted by atomic mass is 32.2. The number of hydrogen-bond acceptors (Lipinski definition) is 5. The van der Waals surface area contributed by atoms with Crippen molar-refractivity contribution in [2.24, 2.45) is 5.92 Å². The molecule has 168 valence electrons. The Balaban J connectivity index is 1.42. The van der Waals surface area contributed by atoms with E-state index in [1.807, 2.05) is 11.0 Å². The van der Waals surface area contributed by atoms with Gasteiger partial charge in [0.15, 0.2) is 6.61 Å². The van der Waals surface area contributed by atoms with E-state index in [-0.39, 0.29) is 24.0 Å². The Bertz CT molecular complexity index is 924. The van der Waals surface area contributed by atoms with Gasteiger partial charge in [-0.25, -0.2) is 13.1 Å². The molecule has 0 radical (unpaired) electrons. The van der Waals surface area contributed by atoms with Crippen molar-refractivity contribution in [3.8, 4) is 5.75 Å². The summed E-state index contributed by atoms with van der Waals surface area (Å²) in [5, 5.41) is 0. The van der Waals surface area contributed by atoms with E-state index in [0.717, 1.165) is 32.4 Å². The topological polar surface area (TPSA) is 84.9 Å². The first-order valence-corrected chi connectivity index (χ1v) is 12.0. The largest absolute Gasteiger partial charge is 0.484 e. The summed E-state index contributed by atoms with van der Waals surface area (Å²) >= 11 is 0. The van der Waals surface area contributed by atoms with Gasteiger partial charge in [0.05, 0.1) is 11.5 Å². The summed E-state index contributed by atoms with van der Waals surface area (Å²) in [5.41, 5.74) is 1.34. The summed E-state index contributed by atoms with van der Waals surface area (Å²) in [5.74, 6) is 1.01. The van der Waals surface area contributed by atoms with Crippen LogP contribution >= 0.6 is 0 Å². The zero-order valence-corrected chi connectivity index (χ0v) is 18.6. The number of piperidine rings is 1. The van der Waals surface area contributed by atoms with Gasteiger partial charge in [-0.05, 0) is 55.0 Å². The molecule has 1 fully saturated rings. The van der Waals surface area contributed by atoms with Crippen LogP contribution in [-0.2, 0) is 26.0 Å². The zero-order valence-electron chi connectivity index (χ0n) is 17.8. The van der Waals surface area contributed by atoms with Gasteiger partial charge in [-0.1, -0.05) is 30.3 Å². The summed E-state index contributed by atoms with van der Waals surface area (Å²) in [6.07, 6.45) is 3.03. The highest BCUT2D eigenvalue weighted by molar-refractivity contribution is 7.89. The van der Waals surface area contributed by atoms with Gasteiger partial charge in [0.1, 0.15) is 5.75 Å². The van der Waals surface area contributed by atoms with Gasteiger partial charge in [0, 0.05) is 26.7 Å². The summed E-state index contributed by atoms with van der Waals surface area (Å²) in [6.45, 7) is 1.93. The predicted octanol–water partition coefficient (Wildman–Crippen LogP) is 2.47. The quantitative estimate of drug-likeness (QED) is 0.567. The van der Waals surface area contributed by atoms with Crippen LogP contribution in [0, 0.1) is 5.92 Å². The zero-order chi connectivity index (χ0) is 22.1. The standard InChI is InChI=1S/C23H30N2O5S/c1-29-16-13-24-31(27,28)22-9-7-21(8-10-22)30-18-23(26)25-14-11-20(12-15-25)17-19-5-3-2-4-6-19/h2-10,20,24H,11-18H2,1H3. The van der Waals surface area contributed by atoms with Gasteiger partial charge in [-0.3, -0.25) is 4.79 Å². The summed E-state index contributed by atoms with van der Waals surface area (Å²) in [6, 6.07) is 16.5. The molecule has 0 saturated carbocycles. The minimum Gasteiger partial charge on any atom is -0.484 e. The number of hydrogen-bond donors (Lipinski definition) is 1. The molecule has 1 aliphatic heterocycles. The molecule has 1 amide bonds. The van der Waals surface area contributed by atoms with Crippen molar-refractivity contribution < 1.29 is 22.7 Å². The molecule has 0 aliphatic carbocycles. The first-order chi connectivity index (χ1) is 15.0. The Morgan fingerprint density at radius 3 is 2.39 bits per heavy atom. The molecule has 1 N–H and O–H groups in total. The monoisotopic (exact) mass is 446 g/mol. The second-order valence-corrected chi connectivity index (χ2v) is 9.43. The third kappa shape index (κ3) is 7.05. The molecular weight excluding hydrogens is 416 g/mol. The minimum atomic E-state index is -3.59. The van der Waals surface area contributed by atoms with Crippen molar-refractivity contribution in [1.82, 2.24) is 9.62 Å². The molecule has 2 aromatic rings. The Labute approximate surface area is 184 Å². The van der Waals surface area contributed by atoms with E-state index in [4.69, 9.17) is 9.47 Å². The molecule has 0 aromatic heterocycles. The number of benzene rings is 2. The lowest BCUT2D eigenvalue weighted by Crippen LogP contribution is -2.41. The fourth-order valence-corrected chi connectivity index (χ4v) is 4.66. The second-order valence-electron chi connectivity index (χ2n) is 7.66. The molecule has 1 heterocycles. The fourth-order valence-electron chi connectivity index (χ4n) is 3.65. The van der Waals surface area contributed by atoms with Crippen LogP contribution in [0.5, 0.6) is 5.75 Å². The van der Waals surface area contributed by atoms with E-state index in [2.05, 4.69) is 29.0 Å². The lowest BCUT2D eigenvalue weighted by molar-refractivity contribution is -0.134. The molecule has 2 aromatic carbocycles. The Hall–Kier alpha value is -2.42. The van der Waals surface area contributed by atoms with Crippen LogP contribution in [0.3, 0.4) is 0 Å². The number of ether oxygens (including phenoxy) is 2. The maximum absolute atomic E-state index is 12.5. The van der Waals surface area contributed by atoms with Crippen molar-refractivity contribution in [1.29, 1.82) is 0 Å². The Morgan fingerprint density at radius 1 is 1.06 bits per heavy atom. The molecule has 0 bridgehead atoms. The first kappa shape index (κ1) is 23.2. The van der Waals surface area contributed by atoms with E-state index in [1.165, 1.54) is 24.8 Å². The van der Waals surface area contributed by atoms with Gasteiger partial charge in [-0.15, -0.1) is 0 Å². The van der Waals surface area contributed by atoms with E-state index in [1.54, 1.807) is 12.1 Å². The third-order valence-electron chi connectivity index (χ3n) is 5.43. The van der Waals surface area contributed by atoms with Crippen LogP contribution in [0.2, 0.25) is 0 Å². The lowest BCUT2D eigenvalue weighted by Gasteiger charge is -2.32. The predicted molar refractivity (Wildman–Crippen MR) is 118 cm³/mol. The van der Waals surface area contributed by atoms with Crippen molar-refractivity contribution in [3.63, 3.8) is 0 Å². The van der Waals surface area contributed by atoms with Gasteiger partial charge in [0.2, 0.25) is 10.0 Å². The number of amides is 1. The average molecular weight is 447 g/mol. The molecule has 31 heavy (non-hydrogen) atoms. The molecule has 0 spiro atoms. The smallest absolute Gasteiger partial charge is 0.260 e. The SMILES string of the molecule is COCCNS(=O)(=O)c1ccc(OCC(=O)N2CCC(Cc3ccccc3)CC2)cc1. The number of carbonyl (C=O) groups excluding carboxylic acids is 1. The van der Waals surface area contributed by atoms with Crippen molar-refractivity contribution >= 4 is 15.9 Å². The van der Waals surface area contributed by atoms with Crippen molar-refractivity contribution in [3.05, 3.63) is 60.2 Å². The van der Waals surface area contributed by atoms with Gasteiger partial charge >= 0.3 is 0 Å². The molecular formula is C23H30N2O5S. The van der Waals surface area contributed by atoms with Crippen molar-refractivity contribution in [2.45, 2.75) is 24.2 Å². The maximum Gasteiger partial charge on any atom is 0.260 e. The summed E-state index contributed by atoms with van der Waals surface area (Å²) < 4.78 is 37.2. The van der Waals surface area contributed by atoms with Crippen LogP contribution in [0.4, 0.5) is 0 Å². The van der Waals surface area contributed by atoms with Gasteiger partial charge in [-0.2, -0.15) is 0 Å². The molecule has 1 aliphatic rings. The number of methoxy groups -OCH3 is 1. The minimum absolute atomic E-state index is 0.0453. The van der Waals surface area contributed by atoms with E-state index < -0.39 is 10.0 Å². The lowest BCUT2D eigenvalue weighted by atomic mass is 9.90. The normalized spacial score (nSPS) is 15.1. The molecule has 0 atom stereocenters. The number of nitrogens with one attached hydrogen (secondary N) is 1. The summed E-state index contributed by atoms with van der Waals surface area (Å²) in [7, 11) is -2.08. The maximum atomic E-state index is 12.5. The van der Waals surface area contributed by atoms with Crippen LogP contribution < -0.4 is 9.46 Å². The summed E-state index contributed by atoms with van der Waals surface area (Å²) in [4.78, 5) is 14.5. The van der Waals surface area contributed by atoms with E-state index >= 15 is 0 Å². The molecule has 8 heteroatoms. The molecule has 3 rings (SSSR count). The second kappa shape index (κ2) is 11.3. The van der Waals surface area contributed by atoms with Crippen LogP contribution in [0.1, 0.15) is 18.4 Å². The fraction of sp³-hybridized carbons (Fsp3) is 0.435. The van der Waals surface area contributed by atoms with E-state index in [0.29, 0.717) is 18.3 Å². The van der Waals surface area contributed by atoms with Crippen LogP contribution in [0.15, 0.2) is 59.5 Å². The van der Waals surface area contributed by atoms with Crippen LogP contribution in [0.25, 0.3) is 0 Å². The molecule has 1 saturated heterocycles. The van der Waals surface area contributed by atoms with E-state index in [9.17, 15) is 13.2 Å². The Kier molecular flexibility index (Phi) is 8.45. The number of rotatable bonds is 10. The number of sulfonamides is 1. The van der Waals surface area contributed by atoms with Crippen molar-refractivity contribution in [2.75, 3.05) is 40.0 Å². The third-order valence-corrected chi connectivity index (χ3v) is 6.91. The highest BCUT2D eigenvalue weighted by Gasteiger charge is 2.23. The number of likely N-dealkylation sites (tertiary alicyclic amines) is 1. The van der Waals surface area contributed by atoms with Gasteiger partial charge in [0.25, 0.3) is 5.91 Å². The number of nitrogens with zero attached hydrogens (tertiary/aromatic N) is 1. The molecule has 0 unspecified atom stereocenters. The number of carbonyl (C=O) groups is 1.